The molecule has 2 amide bonds. The minimum absolute atomic E-state index is 0.000831. The number of amides is 2. The van der Waals surface area contributed by atoms with Gasteiger partial charge in [-0.1, -0.05) is 35.0 Å². The van der Waals surface area contributed by atoms with E-state index in [1.165, 1.54) is 17.7 Å². The molecule has 2 fully saturated rings. The zero-order valence-electron chi connectivity index (χ0n) is 23.8. The van der Waals surface area contributed by atoms with Crippen molar-refractivity contribution < 1.29 is 14.0 Å². The summed E-state index contributed by atoms with van der Waals surface area (Å²) in [4.78, 5) is 23.2. The van der Waals surface area contributed by atoms with E-state index >= 15 is 0 Å². The standard InChI is InChI=1S/C31H42ClFN4O2/c1-6-39-34-20-23-8-7-9-24(16-23)31-13-12-27(17-25(31)19-31)37(15-14-36(21(2)3)22(4)5)30(38)35-26-10-11-29(33)28(32)18-26/h7-11,16,18,20-22,25,27H,6,12-15,17,19H2,1-5H3,(H,35,38)/b34-20+/t25?,27?,31-/m1/s1. The third-order valence-corrected chi connectivity index (χ3v) is 8.67. The molecule has 0 spiro atoms. The third kappa shape index (κ3) is 6.93. The quantitative estimate of drug-likeness (QED) is 0.233. The van der Waals surface area contributed by atoms with Crippen molar-refractivity contribution in [3.63, 3.8) is 0 Å². The van der Waals surface area contributed by atoms with Gasteiger partial charge in [0, 0.05) is 36.9 Å². The van der Waals surface area contributed by atoms with Crippen LogP contribution in [0.1, 0.15) is 71.4 Å². The van der Waals surface area contributed by atoms with Crippen molar-refractivity contribution in [3.8, 4) is 0 Å². The van der Waals surface area contributed by atoms with Crippen molar-refractivity contribution in [1.29, 1.82) is 0 Å². The van der Waals surface area contributed by atoms with Gasteiger partial charge in [-0.15, -0.1) is 0 Å². The molecule has 39 heavy (non-hydrogen) atoms. The smallest absolute Gasteiger partial charge is 0.322 e. The number of fused-ring (bicyclic) bond motifs is 1. The number of halogens is 2. The lowest BCUT2D eigenvalue weighted by Crippen LogP contribution is -2.50. The Bertz CT molecular complexity index is 1170. The second-order valence-corrected chi connectivity index (χ2v) is 11.8. The molecule has 8 heteroatoms. The first-order valence-electron chi connectivity index (χ1n) is 14.2. The van der Waals surface area contributed by atoms with Gasteiger partial charge in [-0.3, -0.25) is 4.90 Å². The van der Waals surface area contributed by atoms with Gasteiger partial charge in [-0.2, -0.15) is 0 Å². The van der Waals surface area contributed by atoms with Crippen molar-refractivity contribution in [2.24, 2.45) is 11.1 Å². The molecular weight excluding hydrogens is 515 g/mol. The van der Waals surface area contributed by atoms with Crippen LogP contribution >= 0.6 is 11.6 Å². The number of anilines is 1. The van der Waals surface area contributed by atoms with Gasteiger partial charge in [0.2, 0.25) is 0 Å². The van der Waals surface area contributed by atoms with E-state index in [2.05, 4.69) is 67.3 Å². The summed E-state index contributed by atoms with van der Waals surface area (Å²) in [5.74, 6) is 0.0406. The molecule has 2 aromatic carbocycles. The molecule has 2 unspecified atom stereocenters. The molecule has 6 nitrogen and oxygen atoms in total. The lowest BCUT2D eigenvalue weighted by molar-refractivity contribution is 0.120. The molecule has 2 saturated carbocycles. The number of nitrogens with zero attached hydrogens (tertiary/aromatic N) is 3. The zero-order chi connectivity index (χ0) is 28.2. The number of oxime groups is 1. The fourth-order valence-corrected chi connectivity index (χ4v) is 6.48. The van der Waals surface area contributed by atoms with Gasteiger partial charge in [0.25, 0.3) is 0 Å². The van der Waals surface area contributed by atoms with E-state index in [0.717, 1.165) is 37.8 Å². The number of hydrogen-bond acceptors (Lipinski definition) is 4. The summed E-state index contributed by atoms with van der Waals surface area (Å²) in [6.45, 7) is 12.7. The van der Waals surface area contributed by atoms with Crippen LogP contribution in [-0.2, 0) is 10.3 Å². The highest BCUT2D eigenvalue weighted by atomic mass is 35.5. The van der Waals surface area contributed by atoms with Crippen molar-refractivity contribution in [2.75, 3.05) is 25.0 Å². The zero-order valence-corrected chi connectivity index (χ0v) is 24.5. The van der Waals surface area contributed by atoms with Crippen LogP contribution < -0.4 is 5.32 Å². The molecule has 4 rings (SSSR count). The Morgan fingerprint density at radius 2 is 1.97 bits per heavy atom. The van der Waals surface area contributed by atoms with Gasteiger partial charge in [0.1, 0.15) is 12.4 Å². The number of carbonyl (C=O) groups excluding carboxylic acids is 1. The molecule has 2 aliphatic carbocycles. The third-order valence-electron chi connectivity index (χ3n) is 8.38. The van der Waals surface area contributed by atoms with Crippen LogP contribution in [0, 0.1) is 11.7 Å². The van der Waals surface area contributed by atoms with Crippen molar-refractivity contribution in [1.82, 2.24) is 9.80 Å². The van der Waals surface area contributed by atoms with Crippen molar-refractivity contribution in [3.05, 3.63) is 64.4 Å². The Kier molecular flexibility index (Phi) is 9.55. The fourth-order valence-electron chi connectivity index (χ4n) is 6.30. The molecule has 0 heterocycles. The number of urea groups is 1. The highest BCUT2D eigenvalue weighted by molar-refractivity contribution is 6.31. The normalized spacial score (nSPS) is 22.4. The van der Waals surface area contributed by atoms with Crippen LogP contribution in [0.2, 0.25) is 5.02 Å². The summed E-state index contributed by atoms with van der Waals surface area (Å²) in [5, 5.41) is 7.01. The lowest BCUT2D eigenvalue weighted by atomic mass is 9.80. The predicted octanol–water partition coefficient (Wildman–Crippen LogP) is 7.31. The lowest BCUT2D eigenvalue weighted by Gasteiger charge is -2.39. The van der Waals surface area contributed by atoms with E-state index in [9.17, 15) is 9.18 Å². The molecule has 0 bridgehead atoms. The average Bonchev–Trinajstić information content (AvgIpc) is 3.64. The first kappa shape index (κ1) is 29.3. The Morgan fingerprint density at radius 3 is 2.64 bits per heavy atom. The number of benzene rings is 2. The second-order valence-electron chi connectivity index (χ2n) is 11.4. The van der Waals surface area contributed by atoms with E-state index < -0.39 is 5.82 Å². The maximum absolute atomic E-state index is 13.7. The van der Waals surface area contributed by atoms with Crippen LogP contribution in [0.25, 0.3) is 0 Å². The van der Waals surface area contributed by atoms with Crippen molar-refractivity contribution >= 4 is 29.5 Å². The topological polar surface area (TPSA) is 57.2 Å². The summed E-state index contributed by atoms with van der Waals surface area (Å²) in [5.41, 5.74) is 3.09. The first-order valence-corrected chi connectivity index (χ1v) is 14.6. The molecule has 0 radical (unpaired) electrons. The summed E-state index contributed by atoms with van der Waals surface area (Å²) in [6, 6.07) is 13.7. The molecule has 0 saturated heterocycles. The molecule has 2 aromatic rings. The molecular formula is C31H42ClFN4O2. The van der Waals surface area contributed by atoms with E-state index in [-0.39, 0.29) is 22.5 Å². The second kappa shape index (κ2) is 12.7. The molecule has 3 atom stereocenters. The van der Waals surface area contributed by atoms with E-state index in [0.29, 0.717) is 36.8 Å². The monoisotopic (exact) mass is 556 g/mol. The summed E-state index contributed by atoms with van der Waals surface area (Å²) in [7, 11) is 0. The van der Waals surface area contributed by atoms with E-state index in [1.807, 2.05) is 11.8 Å². The summed E-state index contributed by atoms with van der Waals surface area (Å²) >= 11 is 5.98. The van der Waals surface area contributed by atoms with Crippen LogP contribution in [0.3, 0.4) is 0 Å². The fraction of sp³-hybridized carbons (Fsp3) is 0.548. The predicted molar refractivity (Wildman–Crippen MR) is 157 cm³/mol. The minimum atomic E-state index is -0.499. The Labute approximate surface area is 237 Å². The van der Waals surface area contributed by atoms with Gasteiger partial charge in [-0.05, 0) is 107 Å². The highest BCUT2D eigenvalue weighted by Crippen LogP contribution is 2.62. The largest absolute Gasteiger partial charge is 0.396 e. The van der Waals surface area contributed by atoms with Gasteiger partial charge in [0.15, 0.2) is 0 Å². The maximum Gasteiger partial charge on any atom is 0.322 e. The van der Waals surface area contributed by atoms with E-state index in [4.69, 9.17) is 16.4 Å². The minimum Gasteiger partial charge on any atom is -0.396 e. The van der Waals surface area contributed by atoms with Crippen LogP contribution in [0.5, 0.6) is 0 Å². The molecule has 2 aliphatic rings. The highest BCUT2D eigenvalue weighted by Gasteiger charge is 2.58. The Balaban J connectivity index is 1.49. The molecule has 1 N–H and O–H groups in total. The van der Waals surface area contributed by atoms with Crippen LogP contribution in [0.15, 0.2) is 47.6 Å². The summed E-state index contributed by atoms with van der Waals surface area (Å²) < 4.78 is 13.7. The van der Waals surface area contributed by atoms with Gasteiger partial charge in [0.05, 0.1) is 11.2 Å². The average molecular weight is 557 g/mol. The Hall–Kier alpha value is -2.64. The Morgan fingerprint density at radius 1 is 1.21 bits per heavy atom. The van der Waals surface area contributed by atoms with Gasteiger partial charge >= 0.3 is 6.03 Å². The summed E-state index contributed by atoms with van der Waals surface area (Å²) in [6.07, 6.45) is 5.86. The SMILES string of the molecule is CCO/N=C/c1cccc([C@]23CCC(N(CCN(C(C)C)C(C)C)C(=O)Nc4ccc(F)c(Cl)c4)CC2C3)c1. The first-order chi connectivity index (χ1) is 18.6. The number of carbonyl (C=O) groups is 1. The maximum atomic E-state index is 13.7. The van der Waals surface area contributed by atoms with Gasteiger partial charge in [-0.25, -0.2) is 9.18 Å². The number of hydrogen-bond donors (Lipinski definition) is 1. The van der Waals surface area contributed by atoms with E-state index in [1.54, 1.807) is 12.3 Å². The molecule has 212 valence electrons. The van der Waals surface area contributed by atoms with Gasteiger partial charge < -0.3 is 15.1 Å². The number of rotatable bonds is 11. The van der Waals surface area contributed by atoms with Crippen molar-refractivity contribution in [2.45, 2.75) is 83.8 Å². The van der Waals surface area contributed by atoms with Crippen LogP contribution in [-0.4, -0.2) is 59.9 Å². The number of nitrogens with one attached hydrogen (secondary N) is 1. The van der Waals surface area contributed by atoms with Crippen LogP contribution in [0.4, 0.5) is 14.9 Å². The molecule has 0 aliphatic heterocycles. The molecule has 0 aromatic heterocycles.